The predicted octanol–water partition coefficient (Wildman–Crippen LogP) is 1.01. The average Bonchev–Trinajstić information content (AvgIpc) is 2.78. The van der Waals surface area contributed by atoms with Gasteiger partial charge in [0.05, 0.1) is 25.4 Å². The molecule has 188 valence electrons. The van der Waals surface area contributed by atoms with E-state index in [1.54, 1.807) is 12.1 Å². The molecule has 1 aliphatic heterocycles. The van der Waals surface area contributed by atoms with Gasteiger partial charge in [0.15, 0.2) is 0 Å². The summed E-state index contributed by atoms with van der Waals surface area (Å²) < 4.78 is 19.9. The molecule has 1 aromatic carbocycles. The molecule has 1 atom stereocenters. The third-order valence-corrected chi connectivity index (χ3v) is 5.17. The Balaban J connectivity index is 1.54. The lowest BCUT2D eigenvalue weighted by Gasteiger charge is -2.32. The van der Waals surface area contributed by atoms with Crippen molar-refractivity contribution in [2.24, 2.45) is 16.8 Å². The van der Waals surface area contributed by atoms with E-state index in [-0.39, 0.29) is 42.5 Å². The lowest BCUT2D eigenvalue weighted by Crippen LogP contribution is -2.48. The number of rotatable bonds is 12. The first-order chi connectivity index (χ1) is 16.8. The SMILES string of the molecule is CN(C)CC(CO)CON=C1CN(c2ncc(-c3cccc(COC(=O)CC(=N)N)c3F)cn2)C1. The highest BCUT2D eigenvalue weighted by atomic mass is 19.1. The molecule has 1 unspecified atom stereocenters. The second-order valence-corrected chi connectivity index (χ2v) is 8.53. The molecule has 2 heterocycles. The summed E-state index contributed by atoms with van der Waals surface area (Å²) in [5.74, 6) is -1.06. The molecule has 1 saturated heterocycles. The maximum atomic E-state index is 15.0. The molecule has 35 heavy (non-hydrogen) atoms. The molecule has 0 aliphatic carbocycles. The summed E-state index contributed by atoms with van der Waals surface area (Å²) in [6, 6.07) is 4.76. The van der Waals surface area contributed by atoms with E-state index in [0.717, 1.165) is 5.71 Å². The zero-order valence-electron chi connectivity index (χ0n) is 19.8. The number of carbonyl (C=O) groups is 1. The van der Waals surface area contributed by atoms with E-state index in [9.17, 15) is 14.3 Å². The number of anilines is 1. The summed E-state index contributed by atoms with van der Waals surface area (Å²) in [4.78, 5) is 29.5. The molecule has 1 fully saturated rings. The molecule has 0 amide bonds. The van der Waals surface area contributed by atoms with Crippen molar-refractivity contribution in [1.29, 1.82) is 5.41 Å². The molecule has 0 saturated carbocycles. The minimum atomic E-state index is -0.695. The number of amidine groups is 1. The predicted molar refractivity (Wildman–Crippen MR) is 128 cm³/mol. The first kappa shape index (κ1) is 26.0. The second-order valence-electron chi connectivity index (χ2n) is 8.53. The van der Waals surface area contributed by atoms with Crippen LogP contribution in [0.25, 0.3) is 11.1 Å². The van der Waals surface area contributed by atoms with Crippen LogP contribution in [0.5, 0.6) is 0 Å². The van der Waals surface area contributed by atoms with Gasteiger partial charge < -0.3 is 30.2 Å². The van der Waals surface area contributed by atoms with E-state index in [2.05, 4.69) is 15.1 Å². The maximum Gasteiger partial charge on any atom is 0.313 e. The number of esters is 1. The lowest BCUT2D eigenvalue weighted by molar-refractivity contribution is -0.143. The molecular weight excluding hydrogens is 457 g/mol. The van der Waals surface area contributed by atoms with Crippen LogP contribution in [0.2, 0.25) is 0 Å². The standard InChI is InChI=1S/C23H30FN7O4/c1-30(2)9-15(12-32)13-35-29-18-10-31(11-18)23-27-7-17(8-28-23)19-5-3-4-16(22(19)24)14-34-21(33)6-20(25)26/h3-5,7-8,15,32H,6,9-14H2,1-2H3,(H3,25,26). The number of nitrogens with one attached hydrogen (secondary N) is 1. The van der Waals surface area contributed by atoms with Crippen molar-refractivity contribution in [1.82, 2.24) is 14.9 Å². The minimum absolute atomic E-state index is 0.00658. The van der Waals surface area contributed by atoms with Gasteiger partial charge in [0.2, 0.25) is 5.95 Å². The summed E-state index contributed by atoms with van der Waals surface area (Å²) in [6.07, 6.45) is 2.72. The van der Waals surface area contributed by atoms with Gasteiger partial charge in [0.25, 0.3) is 0 Å². The highest BCUT2D eigenvalue weighted by Gasteiger charge is 2.25. The highest BCUT2D eigenvalue weighted by molar-refractivity contribution is 5.98. The van der Waals surface area contributed by atoms with Crippen LogP contribution in [0.1, 0.15) is 12.0 Å². The zero-order valence-corrected chi connectivity index (χ0v) is 19.8. The molecule has 1 aliphatic rings. The van der Waals surface area contributed by atoms with Gasteiger partial charge in [-0.15, -0.1) is 0 Å². The van der Waals surface area contributed by atoms with Crippen LogP contribution in [-0.2, 0) is 21.0 Å². The number of nitrogens with zero attached hydrogens (tertiary/aromatic N) is 5. The Hall–Kier alpha value is -3.64. The fourth-order valence-electron chi connectivity index (χ4n) is 3.41. The largest absolute Gasteiger partial charge is 0.460 e. The number of aromatic nitrogens is 2. The molecule has 4 N–H and O–H groups in total. The Labute approximate surface area is 202 Å². The Bertz CT molecular complexity index is 1050. The van der Waals surface area contributed by atoms with Crippen molar-refractivity contribution in [3.8, 4) is 11.1 Å². The normalized spacial score (nSPS) is 13.9. The molecule has 0 spiro atoms. The highest BCUT2D eigenvalue weighted by Crippen LogP contribution is 2.26. The van der Waals surface area contributed by atoms with Gasteiger partial charge in [0, 0.05) is 41.5 Å². The Morgan fingerprint density at radius 3 is 2.69 bits per heavy atom. The fraction of sp³-hybridized carbons (Fsp3) is 0.435. The van der Waals surface area contributed by atoms with Crippen molar-refractivity contribution in [2.75, 3.05) is 51.8 Å². The number of aliphatic hydroxyl groups excluding tert-OH is 1. The van der Waals surface area contributed by atoms with Gasteiger partial charge >= 0.3 is 5.97 Å². The van der Waals surface area contributed by atoms with Crippen LogP contribution in [0.15, 0.2) is 35.7 Å². The molecule has 11 nitrogen and oxygen atoms in total. The van der Waals surface area contributed by atoms with E-state index in [0.29, 0.717) is 37.8 Å². The van der Waals surface area contributed by atoms with Crippen molar-refractivity contribution in [3.05, 3.63) is 42.0 Å². The molecule has 0 radical (unpaired) electrons. The topological polar surface area (TPSA) is 150 Å². The van der Waals surface area contributed by atoms with E-state index < -0.39 is 11.8 Å². The number of benzene rings is 1. The van der Waals surface area contributed by atoms with Crippen LogP contribution in [-0.4, -0.2) is 84.4 Å². The number of aliphatic hydroxyl groups is 1. The quantitative estimate of drug-likeness (QED) is 0.172. The molecule has 12 heteroatoms. The van der Waals surface area contributed by atoms with Crippen molar-refractivity contribution >= 4 is 23.5 Å². The smallest absolute Gasteiger partial charge is 0.313 e. The number of oxime groups is 1. The zero-order chi connectivity index (χ0) is 25.4. The Morgan fingerprint density at radius 1 is 1.34 bits per heavy atom. The Kier molecular flexibility index (Phi) is 9.04. The summed E-state index contributed by atoms with van der Waals surface area (Å²) in [5.41, 5.74) is 6.98. The summed E-state index contributed by atoms with van der Waals surface area (Å²) >= 11 is 0. The van der Waals surface area contributed by atoms with Gasteiger partial charge in [-0.3, -0.25) is 10.2 Å². The molecule has 0 bridgehead atoms. The first-order valence-electron chi connectivity index (χ1n) is 11.0. The van der Waals surface area contributed by atoms with E-state index in [1.165, 1.54) is 18.5 Å². The van der Waals surface area contributed by atoms with E-state index >= 15 is 0 Å². The fourth-order valence-corrected chi connectivity index (χ4v) is 3.41. The van der Waals surface area contributed by atoms with Crippen LogP contribution in [0, 0.1) is 17.1 Å². The number of hydrogen-bond acceptors (Lipinski definition) is 10. The maximum absolute atomic E-state index is 15.0. The number of carbonyl (C=O) groups excluding carboxylic acids is 1. The average molecular weight is 488 g/mol. The van der Waals surface area contributed by atoms with Gasteiger partial charge in [-0.25, -0.2) is 14.4 Å². The van der Waals surface area contributed by atoms with Crippen LogP contribution in [0.3, 0.4) is 0 Å². The van der Waals surface area contributed by atoms with Crippen molar-refractivity contribution in [2.45, 2.75) is 13.0 Å². The van der Waals surface area contributed by atoms with Crippen LogP contribution in [0.4, 0.5) is 10.3 Å². The number of ether oxygens (including phenoxy) is 1. The summed E-state index contributed by atoms with van der Waals surface area (Å²) in [6.45, 7) is 1.85. The van der Waals surface area contributed by atoms with Crippen LogP contribution >= 0.6 is 0 Å². The van der Waals surface area contributed by atoms with Crippen molar-refractivity contribution < 1.29 is 23.9 Å². The van der Waals surface area contributed by atoms with Gasteiger partial charge in [0.1, 0.15) is 31.3 Å². The van der Waals surface area contributed by atoms with E-state index in [4.69, 9.17) is 20.7 Å². The van der Waals surface area contributed by atoms with Gasteiger partial charge in [-0.1, -0.05) is 23.4 Å². The number of halogens is 1. The minimum Gasteiger partial charge on any atom is -0.460 e. The summed E-state index contributed by atoms with van der Waals surface area (Å²) in [5, 5.41) is 20.6. The molecular formula is C23H30FN7O4. The monoisotopic (exact) mass is 487 g/mol. The third-order valence-electron chi connectivity index (χ3n) is 5.17. The Morgan fingerprint density at radius 2 is 2.06 bits per heavy atom. The number of nitrogens with two attached hydrogens (primary N) is 1. The van der Waals surface area contributed by atoms with E-state index in [1.807, 2.05) is 23.9 Å². The molecule has 2 aromatic rings. The first-order valence-corrected chi connectivity index (χ1v) is 11.0. The van der Waals surface area contributed by atoms with Gasteiger partial charge in [-0.05, 0) is 14.1 Å². The van der Waals surface area contributed by atoms with Crippen LogP contribution < -0.4 is 10.6 Å². The second kappa shape index (κ2) is 12.2. The van der Waals surface area contributed by atoms with Gasteiger partial charge in [-0.2, -0.15) is 0 Å². The van der Waals surface area contributed by atoms with Crippen molar-refractivity contribution in [3.63, 3.8) is 0 Å². The number of hydrogen-bond donors (Lipinski definition) is 3. The third kappa shape index (κ3) is 7.42. The lowest BCUT2D eigenvalue weighted by atomic mass is 10.1. The molecule has 3 rings (SSSR count). The summed E-state index contributed by atoms with van der Waals surface area (Å²) in [7, 11) is 3.87. The molecule has 1 aromatic heterocycles.